The number of rotatable bonds is 5. The zero-order valence-electron chi connectivity index (χ0n) is 16.3. The monoisotopic (exact) mass is 438 g/mol. The number of carbonyl (C=O) groups excluding carboxylic acids is 1. The molecule has 5 nitrogen and oxygen atoms in total. The maximum absolute atomic E-state index is 13.1. The Morgan fingerprint density at radius 1 is 1.13 bits per heavy atom. The standard InChI is InChI=1S/C21H21F3N2O3S/c1-30(28,29)26-11-10-15-12-16(4-9-19(15)26)20(27)25(18-7-8-18)13-14-2-5-17(6-3-14)21(22,23)24/h2-6,9,12,18H,7-8,10-11,13H2,1H3. The molecule has 1 amide bonds. The Bertz CT molecular complexity index is 1080. The Balaban J connectivity index is 1.55. The van der Waals surface area contributed by atoms with Crippen LogP contribution in [0.5, 0.6) is 0 Å². The first-order valence-electron chi connectivity index (χ1n) is 9.62. The quantitative estimate of drug-likeness (QED) is 0.713. The van der Waals surface area contributed by atoms with Crippen LogP contribution in [-0.2, 0) is 29.2 Å². The highest BCUT2D eigenvalue weighted by Crippen LogP contribution is 2.34. The van der Waals surface area contributed by atoms with Crippen LogP contribution in [0.3, 0.4) is 0 Å². The Morgan fingerprint density at radius 3 is 2.37 bits per heavy atom. The van der Waals surface area contributed by atoms with Gasteiger partial charge in [-0.2, -0.15) is 13.2 Å². The number of hydrogen-bond donors (Lipinski definition) is 0. The molecule has 9 heteroatoms. The molecule has 30 heavy (non-hydrogen) atoms. The second-order valence-electron chi connectivity index (χ2n) is 7.79. The first-order chi connectivity index (χ1) is 14.0. The highest BCUT2D eigenvalue weighted by atomic mass is 32.2. The van der Waals surface area contributed by atoms with Crippen molar-refractivity contribution in [1.29, 1.82) is 0 Å². The molecule has 1 aliphatic heterocycles. The zero-order valence-corrected chi connectivity index (χ0v) is 17.1. The van der Waals surface area contributed by atoms with E-state index in [1.165, 1.54) is 16.4 Å². The lowest BCUT2D eigenvalue weighted by Gasteiger charge is -2.23. The number of alkyl halides is 3. The topological polar surface area (TPSA) is 57.7 Å². The van der Waals surface area contributed by atoms with Gasteiger partial charge in [0.25, 0.3) is 5.91 Å². The van der Waals surface area contributed by atoms with E-state index < -0.39 is 21.8 Å². The average Bonchev–Trinajstić information content (AvgIpc) is 3.41. The molecule has 0 radical (unpaired) electrons. The summed E-state index contributed by atoms with van der Waals surface area (Å²) in [5.74, 6) is -0.196. The van der Waals surface area contributed by atoms with Gasteiger partial charge in [-0.1, -0.05) is 12.1 Å². The molecule has 1 fully saturated rings. The molecular weight excluding hydrogens is 417 g/mol. The highest BCUT2D eigenvalue weighted by Gasteiger charge is 2.35. The lowest BCUT2D eigenvalue weighted by molar-refractivity contribution is -0.137. The summed E-state index contributed by atoms with van der Waals surface area (Å²) < 4.78 is 63.4. The normalized spacial score (nSPS) is 16.5. The van der Waals surface area contributed by atoms with Gasteiger partial charge in [0.1, 0.15) is 0 Å². The van der Waals surface area contributed by atoms with Gasteiger partial charge in [-0.25, -0.2) is 8.42 Å². The summed E-state index contributed by atoms with van der Waals surface area (Å²) in [6.07, 6.45) is -0.987. The fraction of sp³-hybridized carbons (Fsp3) is 0.381. The summed E-state index contributed by atoms with van der Waals surface area (Å²) in [6, 6.07) is 9.93. The van der Waals surface area contributed by atoms with Gasteiger partial charge >= 0.3 is 6.18 Å². The van der Waals surface area contributed by atoms with E-state index in [0.29, 0.717) is 29.8 Å². The third kappa shape index (κ3) is 4.16. The minimum atomic E-state index is -4.39. The van der Waals surface area contributed by atoms with E-state index in [1.807, 2.05) is 0 Å². The van der Waals surface area contributed by atoms with Crippen molar-refractivity contribution < 1.29 is 26.4 Å². The van der Waals surface area contributed by atoms with E-state index in [-0.39, 0.29) is 18.5 Å². The van der Waals surface area contributed by atoms with Crippen molar-refractivity contribution in [3.05, 3.63) is 64.7 Å². The summed E-state index contributed by atoms with van der Waals surface area (Å²) in [5, 5.41) is 0. The number of sulfonamides is 1. The van der Waals surface area contributed by atoms with Crippen LogP contribution in [0.4, 0.5) is 18.9 Å². The van der Waals surface area contributed by atoms with Crippen molar-refractivity contribution in [2.45, 2.75) is 38.0 Å². The van der Waals surface area contributed by atoms with E-state index in [9.17, 15) is 26.4 Å². The van der Waals surface area contributed by atoms with Crippen LogP contribution in [0.1, 0.15) is 39.9 Å². The molecule has 1 heterocycles. The summed E-state index contributed by atoms with van der Waals surface area (Å²) in [7, 11) is -3.37. The van der Waals surface area contributed by atoms with Crippen LogP contribution in [-0.4, -0.2) is 38.1 Å². The lowest BCUT2D eigenvalue weighted by atomic mass is 10.1. The van der Waals surface area contributed by atoms with Gasteiger partial charge in [0.05, 0.1) is 17.5 Å². The molecule has 1 saturated carbocycles. The molecule has 160 valence electrons. The highest BCUT2D eigenvalue weighted by molar-refractivity contribution is 7.92. The molecule has 0 saturated heterocycles. The van der Waals surface area contributed by atoms with E-state index in [4.69, 9.17) is 0 Å². The van der Waals surface area contributed by atoms with E-state index >= 15 is 0 Å². The van der Waals surface area contributed by atoms with Crippen molar-refractivity contribution >= 4 is 21.6 Å². The van der Waals surface area contributed by atoms with Crippen molar-refractivity contribution in [3.63, 3.8) is 0 Å². The van der Waals surface area contributed by atoms with Gasteiger partial charge < -0.3 is 4.90 Å². The van der Waals surface area contributed by atoms with Crippen molar-refractivity contribution in [2.24, 2.45) is 0 Å². The number of hydrogen-bond acceptors (Lipinski definition) is 3. The van der Waals surface area contributed by atoms with Gasteiger partial charge in [-0.15, -0.1) is 0 Å². The van der Waals surface area contributed by atoms with Crippen LogP contribution in [0.25, 0.3) is 0 Å². The molecule has 0 unspecified atom stereocenters. The minimum Gasteiger partial charge on any atom is -0.331 e. The molecule has 0 N–H and O–H groups in total. The van der Waals surface area contributed by atoms with Gasteiger partial charge in [0, 0.05) is 24.7 Å². The zero-order chi connectivity index (χ0) is 21.7. The van der Waals surface area contributed by atoms with Crippen molar-refractivity contribution in [3.8, 4) is 0 Å². The van der Waals surface area contributed by atoms with Gasteiger partial charge in [0.15, 0.2) is 0 Å². The molecule has 0 bridgehead atoms. The van der Waals surface area contributed by atoms with Crippen LogP contribution >= 0.6 is 0 Å². The largest absolute Gasteiger partial charge is 0.416 e. The van der Waals surface area contributed by atoms with Crippen LogP contribution in [0.2, 0.25) is 0 Å². The molecule has 1 aliphatic carbocycles. The van der Waals surface area contributed by atoms with E-state index in [1.54, 1.807) is 23.1 Å². The Labute approximate surface area is 173 Å². The van der Waals surface area contributed by atoms with Crippen LogP contribution < -0.4 is 4.31 Å². The number of anilines is 1. The number of nitrogens with zero attached hydrogens (tertiary/aromatic N) is 2. The van der Waals surface area contributed by atoms with Crippen LogP contribution in [0, 0.1) is 0 Å². The SMILES string of the molecule is CS(=O)(=O)N1CCc2cc(C(=O)N(Cc3ccc(C(F)(F)F)cc3)C3CC3)ccc21. The number of carbonyl (C=O) groups is 1. The summed E-state index contributed by atoms with van der Waals surface area (Å²) in [4.78, 5) is 14.8. The molecular formula is C21H21F3N2O3S. The predicted molar refractivity (Wildman–Crippen MR) is 107 cm³/mol. The third-order valence-corrected chi connectivity index (χ3v) is 6.64. The molecule has 0 spiro atoms. The summed E-state index contributed by atoms with van der Waals surface area (Å²) in [6.45, 7) is 0.581. The van der Waals surface area contributed by atoms with E-state index in [2.05, 4.69) is 0 Å². The van der Waals surface area contributed by atoms with Crippen molar-refractivity contribution in [2.75, 3.05) is 17.1 Å². The summed E-state index contributed by atoms with van der Waals surface area (Å²) in [5.41, 5.74) is 1.77. The fourth-order valence-corrected chi connectivity index (χ4v) is 4.72. The number of amides is 1. The first kappa shape index (κ1) is 20.7. The predicted octanol–water partition coefficient (Wildman–Crippen LogP) is 3.83. The number of halogens is 3. The molecule has 2 aromatic rings. The molecule has 0 atom stereocenters. The van der Waals surface area contributed by atoms with Gasteiger partial charge in [-0.3, -0.25) is 9.10 Å². The summed E-state index contributed by atoms with van der Waals surface area (Å²) >= 11 is 0. The Kier molecular flexibility index (Phi) is 5.04. The molecule has 2 aliphatic rings. The average molecular weight is 438 g/mol. The van der Waals surface area contributed by atoms with Gasteiger partial charge in [-0.05, 0) is 60.7 Å². The molecule has 0 aromatic heterocycles. The lowest BCUT2D eigenvalue weighted by Crippen LogP contribution is -2.32. The van der Waals surface area contributed by atoms with Crippen molar-refractivity contribution in [1.82, 2.24) is 4.90 Å². The van der Waals surface area contributed by atoms with Gasteiger partial charge in [0.2, 0.25) is 10.0 Å². The molecule has 2 aromatic carbocycles. The molecule has 4 rings (SSSR count). The smallest absolute Gasteiger partial charge is 0.331 e. The number of benzene rings is 2. The Morgan fingerprint density at radius 2 is 1.80 bits per heavy atom. The first-order valence-corrected chi connectivity index (χ1v) is 11.5. The maximum Gasteiger partial charge on any atom is 0.416 e. The minimum absolute atomic E-state index is 0.0700. The fourth-order valence-electron chi connectivity index (χ4n) is 3.76. The second-order valence-corrected chi connectivity index (χ2v) is 9.69. The van der Waals surface area contributed by atoms with E-state index in [0.717, 1.165) is 36.8 Å². The number of fused-ring (bicyclic) bond motifs is 1. The maximum atomic E-state index is 13.1. The third-order valence-electron chi connectivity index (χ3n) is 5.46. The second kappa shape index (κ2) is 7.30. The Hall–Kier alpha value is -2.55. The van der Waals surface area contributed by atoms with Crippen LogP contribution in [0.15, 0.2) is 42.5 Å².